The zero-order valence-electron chi connectivity index (χ0n) is 24.6. The van der Waals surface area contributed by atoms with E-state index in [2.05, 4.69) is 27.2 Å². The Labute approximate surface area is 271 Å². The first-order valence-electron chi connectivity index (χ1n) is 14.6. The minimum Gasteiger partial charge on any atom is -0.350 e. The number of nitrogens with one attached hydrogen (secondary N) is 3. The summed E-state index contributed by atoms with van der Waals surface area (Å²) in [7, 11) is 1.91. The number of H-pyrrole nitrogens is 1. The third-order valence-corrected chi connectivity index (χ3v) is 8.68. The molecule has 7 nitrogen and oxygen atoms in total. The second-order valence-corrected chi connectivity index (χ2v) is 12.0. The highest BCUT2D eigenvalue weighted by molar-refractivity contribution is 6.31. The maximum absolute atomic E-state index is 14.4. The van der Waals surface area contributed by atoms with Gasteiger partial charge in [0.1, 0.15) is 11.9 Å². The van der Waals surface area contributed by atoms with E-state index in [1.165, 1.54) is 0 Å². The van der Waals surface area contributed by atoms with Crippen LogP contribution in [0.3, 0.4) is 0 Å². The van der Waals surface area contributed by atoms with Crippen molar-refractivity contribution in [2.24, 2.45) is 0 Å². The second kappa shape index (κ2) is 11.9. The monoisotopic (exact) mass is 632 g/mol. The van der Waals surface area contributed by atoms with Gasteiger partial charge in [0, 0.05) is 50.9 Å². The van der Waals surface area contributed by atoms with Gasteiger partial charge in [-0.3, -0.25) is 4.79 Å². The predicted molar refractivity (Wildman–Crippen MR) is 182 cm³/mol. The zero-order chi connectivity index (χ0) is 31.1. The number of benzene rings is 4. The lowest BCUT2D eigenvalue weighted by molar-refractivity contribution is 0.0928. The molecule has 0 radical (unpaired) electrons. The van der Waals surface area contributed by atoms with Crippen molar-refractivity contribution in [2.75, 3.05) is 7.05 Å². The van der Waals surface area contributed by atoms with Crippen LogP contribution in [0, 0.1) is 0 Å². The van der Waals surface area contributed by atoms with Crippen molar-refractivity contribution in [1.29, 1.82) is 0 Å². The fourth-order valence-electron chi connectivity index (χ4n) is 5.98. The summed E-state index contributed by atoms with van der Waals surface area (Å²) in [5.41, 5.74) is 10.8. The third-order valence-electron chi connectivity index (χ3n) is 8.19. The van der Waals surface area contributed by atoms with Crippen LogP contribution in [0.2, 0.25) is 10.0 Å². The Kier molecular flexibility index (Phi) is 7.67. The summed E-state index contributed by atoms with van der Waals surface area (Å²) in [6.45, 7) is 2.11. The molecule has 0 spiro atoms. The van der Waals surface area contributed by atoms with Crippen LogP contribution in [-0.4, -0.2) is 38.7 Å². The maximum Gasteiger partial charge on any atom is 0.269 e. The van der Waals surface area contributed by atoms with Crippen LogP contribution in [0.15, 0.2) is 116 Å². The molecule has 0 saturated heterocycles. The summed E-state index contributed by atoms with van der Waals surface area (Å²) in [4.78, 5) is 22.7. The molecule has 1 amide bonds. The average Bonchev–Trinajstić information content (AvgIpc) is 3.76. The number of aromatic amines is 1. The highest BCUT2D eigenvalue weighted by atomic mass is 35.5. The molecule has 3 N–H and O–H groups in total. The van der Waals surface area contributed by atoms with E-state index < -0.39 is 6.17 Å². The highest BCUT2D eigenvalue weighted by Gasteiger charge is 2.31. The van der Waals surface area contributed by atoms with Crippen molar-refractivity contribution in [2.45, 2.75) is 19.1 Å². The SMILES string of the molecule is CC(c1ccc(Cl)cc1)n1cnc(-c2ccccc2)c1-c1c(C(=O)NC2NN(C)C=C2c2ccccc2)[nH]c2cc(Cl)ccc12. The van der Waals surface area contributed by atoms with Gasteiger partial charge in [-0.2, -0.15) is 0 Å². The van der Waals surface area contributed by atoms with E-state index in [1.807, 2.05) is 128 Å². The van der Waals surface area contributed by atoms with Gasteiger partial charge in [-0.1, -0.05) is 102 Å². The van der Waals surface area contributed by atoms with E-state index in [1.54, 1.807) is 0 Å². The van der Waals surface area contributed by atoms with Crippen LogP contribution in [0.5, 0.6) is 0 Å². The number of carbonyl (C=O) groups is 1. The van der Waals surface area contributed by atoms with Crippen molar-refractivity contribution in [3.05, 3.63) is 143 Å². The van der Waals surface area contributed by atoms with E-state index in [0.717, 1.165) is 50.1 Å². The molecular formula is C36H30Cl2N6O. The second-order valence-electron chi connectivity index (χ2n) is 11.1. The number of rotatable bonds is 7. The van der Waals surface area contributed by atoms with E-state index >= 15 is 0 Å². The lowest BCUT2D eigenvalue weighted by Gasteiger charge is -2.21. The molecule has 3 heterocycles. The molecule has 2 unspecified atom stereocenters. The number of hydrogen-bond acceptors (Lipinski definition) is 4. The maximum atomic E-state index is 14.4. The fraction of sp³-hybridized carbons (Fsp3) is 0.111. The number of fused-ring (bicyclic) bond motifs is 1. The van der Waals surface area contributed by atoms with Crippen molar-refractivity contribution in [3.63, 3.8) is 0 Å². The Hall–Kier alpha value is -4.82. The minimum atomic E-state index is -0.445. The fourth-order valence-corrected chi connectivity index (χ4v) is 6.27. The molecule has 0 saturated carbocycles. The minimum absolute atomic E-state index is 0.117. The van der Waals surface area contributed by atoms with Gasteiger partial charge < -0.3 is 19.9 Å². The van der Waals surface area contributed by atoms with Crippen molar-refractivity contribution < 1.29 is 4.79 Å². The number of imidazole rings is 1. The zero-order valence-corrected chi connectivity index (χ0v) is 26.1. The molecule has 1 aliphatic rings. The van der Waals surface area contributed by atoms with Crippen molar-refractivity contribution >= 4 is 45.6 Å². The number of halogens is 2. The molecule has 2 aromatic heterocycles. The van der Waals surface area contributed by atoms with Crippen LogP contribution in [0.25, 0.3) is 39.0 Å². The molecule has 4 aromatic carbocycles. The van der Waals surface area contributed by atoms with Crippen LogP contribution in [0.1, 0.15) is 34.6 Å². The molecule has 7 rings (SSSR count). The summed E-state index contributed by atoms with van der Waals surface area (Å²) in [5.74, 6) is -0.266. The Bertz CT molecular complexity index is 2030. The molecule has 224 valence electrons. The third kappa shape index (κ3) is 5.51. The van der Waals surface area contributed by atoms with E-state index in [9.17, 15) is 4.79 Å². The van der Waals surface area contributed by atoms with Crippen LogP contribution in [0.4, 0.5) is 0 Å². The van der Waals surface area contributed by atoms with E-state index in [-0.39, 0.29) is 11.9 Å². The first kappa shape index (κ1) is 28.9. The summed E-state index contributed by atoms with van der Waals surface area (Å²) in [6.07, 6.45) is 3.39. The Morgan fingerprint density at radius 1 is 0.889 bits per heavy atom. The topological polar surface area (TPSA) is 78.0 Å². The van der Waals surface area contributed by atoms with Crippen molar-refractivity contribution in [3.8, 4) is 22.5 Å². The Morgan fingerprint density at radius 2 is 1.56 bits per heavy atom. The number of hydrazine groups is 1. The van der Waals surface area contributed by atoms with Gasteiger partial charge in [0.15, 0.2) is 0 Å². The summed E-state index contributed by atoms with van der Waals surface area (Å²) < 4.78 is 2.12. The van der Waals surface area contributed by atoms with E-state index in [4.69, 9.17) is 28.2 Å². The first-order chi connectivity index (χ1) is 21.9. The number of amides is 1. The number of nitrogens with zero attached hydrogens (tertiary/aromatic N) is 3. The standard InChI is InChI=1S/C36H30Cl2N6O/c1-22(23-13-15-26(37)16-14-23)44-21-39-32(25-11-7-4-8-12-25)34(44)31-28-18-17-27(38)19-30(28)40-33(31)36(45)41-35-29(20-43(2)42-35)24-9-5-3-6-10-24/h3-22,35,40,42H,1-2H3,(H,41,45). The van der Waals surface area contributed by atoms with Gasteiger partial charge in [0.2, 0.25) is 0 Å². The predicted octanol–water partition coefficient (Wildman–Crippen LogP) is 8.16. The molecule has 6 aromatic rings. The van der Waals surface area contributed by atoms with E-state index in [0.29, 0.717) is 15.7 Å². The van der Waals surface area contributed by atoms with Crippen LogP contribution >= 0.6 is 23.2 Å². The quantitative estimate of drug-likeness (QED) is 0.166. The summed E-state index contributed by atoms with van der Waals surface area (Å²) in [5, 5.41) is 7.19. The van der Waals surface area contributed by atoms with Crippen molar-refractivity contribution in [1.82, 2.24) is 30.3 Å². The van der Waals surface area contributed by atoms with Gasteiger partial charge >= 0.3 is 0 Å². The van der Waals surface area contributed by atoms with Crippen LogP contribution < -0.4 is 10.7 Å². The number of hydrogen-bond donors (Lipinski definition) is 3. The van der Waals surface area contributed by atoms with Gasteiger partial charge in [-0.25, -0.2) is 10.4 Å². The van der Waals surface area contributed by atoms with Gasteiger partial charge in [0.05, 0.1) is 23.8 Å². The molecule has 9 heteroatoms. The first-order valence-corrected chi connectivity index (χ1v) is 15.4. The van der Waals surface area contributed by atoms with Gasteiger partial charge in [-0.05, 0) is 42.3 Å². The van der Waals surface area contributed by atoms with Gasteiger partial charge in [0.25, 0.3) is 5.91 Å². The molecule has 0 fully saturated rings. The molecule has 1 aliphatic heterocycles. The number of carbonyl (C=O) groups excluding carboxylic acids is 1. The Morgan fingerprint density at radius 3 is 2.27 bits per heavy atom. The lowest BCUT2D eigenvalue weighted by atomic mass is 9.99. The van der Waals surface area contributed by atoms with Crippen LogP contribution in [-0.2, 0) is 0 Å². The molecule has 0 aliphatic carbocycles. The number of aromatic nitrogens is 3. The molecule has 0 bridgehead atoms. The molecule has 2 atom stereocenters. The normalized spacial score (nSPS) is 15.3. The molecular weight excluding hydrogens is 603 g/mol. The molecule has 45 heavy (non-hydrogen) atoms. The largest absolute Gasteiger partial charge is 0.350 e. The smallest absolute Gasteiger partial charge is 0.269 e. The lowest BCUT2D eigenvalue weighted by Crippen LogP contribution is -2.46. The average molecular weight is 634 g/mol. The Balaban J connectivity index is 1.39. The summed E-state index contributed by atoms with van der Waals surface area (Å²) in [6, 6.07) is 33.4. The van der Waals surface area contributed by atoms with Gasteiger partial charge in [-0.15, -0.1) is 0 Å². The summed E-state index contributed by atoms with van der Waals surface area (Å²) >= 11 is 12.7. The highest BCUT2D eigenvalue weighted by Crippen LogP contribution is 2.41.